The largest absolute Gasteiger partial charge is 0.455 e. The minimum absolute atomic E-state index is 0.814. The lowest BCUT2D eigenvalue weighted by molar-refractivity contribution is 0.670. The molecule has 0 amide bonds. The van der Waals surface area contributed by atoms with Crippen LogP contribution in [0.4, 0.5) is 68.2 Å². The number of furan rings is 1. The minimum atomic E-state index is 0.814. The van der Waals surface area contributed by atoms with Gasteiger partial charge in [-0.25, -0.2) is 0 Å². The topological polar surface area (TPSA) is 26.1 Å². The van der Waals surface area contributed by atoms with Gasteiger partial charge in [-0.15, -0.1) is 0 Å². The highest BCUT2D eigenvalue weighted by Crippen LogP contribution is 2.47. The molecule has 0 bridgehead atoms. The number of rotatable bonds is 13. The molecule has 5 heteroatoms. The SMILES string of the molecule is c1ccc(N(c2ccccc2)c2ccc(N(c3ccccc3)c3ccc4oc5c(-c6cccc7ccccc67)cc(N(c6ccccc6)c6ccc(N(c7ccccc7)c7ccccc7)cc6)cc5c4c3)cc2)cc1. The van der Waals surface area contributed by atoms with Crippen molar-refractivity contribution in [3.63, 3.8) is 0 Å². The molecule has 12 aromatic carbocycles. The highest BCUT2D eigenvalue weighted by atomic mass is 16.3. The van der Waals surface area contributed by atoms with Crippen LogP contribution in [0.3, 0.4) is 0 Å². The third kappa shape index (κ3) is 8.69. The average Bonchev–Trinajstić information content (AvgIpc) is 3.87. The lowest BCUT2D eigenvalue weighted by Crippen LogP contribution is -2.12. The van der Waals surface area contributed by atoms with Crippen molar-refractivity contribution in [2.24, 2.45) is 0 Å². The maximum absolute atomic E-state index is 7.08. The van der Waals surface area contributed by atoms with Crippen molar-refractivity contribution < 1.29 is 4.42 Å². The quantitative estimate of drug-likeness (QED) is 0.115. The average molecular weight is 963 g/mol. The smallest absolute Gasteiger partial charge is 0.143 e. The summed E-state index contributed by atoms with van der Waals surface area (Å²) in [7, 11) is 0. The van der Waals surface area contributed by atoms with Gasteiger partial charge in [-0.05, 0) is 168 Å². The Morgan fingerprint density at radius 3 is 0.947 bits per heavy atom. The first-order valence-electron chi connectivity index (χ1n) is 25.4. The van der Waals surface area contributed by atoms with Gasteiger partial charge in [0.15, 0.2) is 0 Å². The molecule has 13 aromatic rings. The van der Waals surface area contributed by atoms with Crippen molar-refractivity contribution in [2.45, 2.75) is 0 Å². The Morgan fingerprint density at radius 2 is 0.520 bits per heavy atom. The Labute approximate surface area is 437 Å². The summed E-state index contributed by atoms with van der Waals surface area (Å²) < 4.78 is 7.08. The molecule has 0 saturated carbocycles. The van der Waals surface area contributed by atoms with E-state index in [9.17, 15) is 0 Å². The molecule has 1 aromatic heterocycles. The van der Waals surface area contributed by atoms with Crippen LogP contribution in [0.2, 0.25) is 0 Å². The normalized spacial score (nSPS) is 11.2. The van der Waals surface area contributed by atoms with Gasteiger partial charge in [0.25, 0.3) is 0 Å². The van der Waals surface area contributed by atoms with Crippen molar-refractivity contribution in [2.75, 3.05) is 19.6 Å². The second-order valence-electron chi connectivity index (χ2n) is 18.6. The first-order valence-corrected chi connectivity index (χ1v) is 25.4. The zero-order valence-corrected chi connectivity index (χ0v) is 41.1. The molecule has 1 heterocycles. The van der Waals surface area contributed by atoms with Gasteiger partial charge in [0.05, 0.1) is 0 Å². The van der Waals surface area contributed by atoms with Gasteiger partial charge in [0, 0.05) is 84.6 Å². The summed E-state index contributed by atoms with van der Waals surface area (Å²) in [5.41, 5.74) is 16.5. The monoisotopic (exact) mass is 962 g/mol. The zero-order valence-electron chi connectivity index (χ0n) is 41.1. The Kier molecular flexibility index (Phi) is 11.9. The zero-order chi connectivity index (χ0) is 49.9. The molecule has 0 saturated heterocycles. The predicted molar refractivity (Wildman–Crippen MR) is 315 cm³/mol. The number of fused-ring (bicyclic) bond motifs is 4. The standard InChI is InChI=1S/C70H50N4O/c1-7-24-52(25-8-1)71(53-26-9-2-10-27-53)58-38-42-60(43-39-58)73(56-32-15-5-16-33-56)62-46-47-69-66(48-62)68-50-63(49-67(70(68)75-69)65-37-21-23-51-22-19-20-36-64(51)65)74(57-34-17-6-18-35-57)61-44-40-59(41-45-61)72(54-28-11-3-12-29-54)55-30-13-4-14-31-55/h1-50H. The summed E-state index contributed by atoms with van der Waals surface area (Å²) in [5.74, 6) is 0. The Balaban J connectivity index is 0.980. The van der Waals surface area contributed by atoms with Gasteiger partial charge in [-0.1, -0.05) is 152 Å². The molecule has 0 N–H and O–H groups in total. The van der Waals surface area contributed by atoms with Crippen LogP contribution in [0.5, 0.6) is 0 Å². The van der Waals surface area contributed by atoms with Gasteiger partial charge in [-0.2, -0.15) is 0 Å². The van der Waals surface area contributed by atoms with Crippen LogP contribution in [-0.2, 0) is 0 Å². The van der Waals surface area contributed by atoms with E-state index in [-0.39, 0.29) is 0 Å². The lowest BCUT2D eigenvalue weighted by atomic mass is 9.95. The summed E-state index contributed by atoms with van der Waals surface area (Å²) in [4.78, 5) is 9.29. The van der Waals surface area contributed by atoms with Crippen LogP contribution in [-0.4, -0.2) is 0 Å². The summed E-state index contributed by atoms with van der Waals surface area (Å²) in [6.07, 6.45) is 0. The van der Waals surface area contributed by atoms with Gasteiger partial charge >= 0.3 is 0 Å². The van der Waals surface area contributed by atoms with E-state index in [1.54, 1.807) is 0 Å². The van der Waals surface area contributed by atoms with E-state index in [0.717, 1.165) is 107 Å². The van der Waals surface area contributed by atoms with Crippen LogP contribution in [0.15, 0.2) is 308 Å². The van der Waals surface area contributed by atoms with E-state index in [0.29, 0.717) is 0 Å². The molecular formula is C70H50N4O. The second kappa shape index (κ2) is 19.8. The molecule has 0 aliphatic carbocycles. The first-order chi connectivity index (χ1) is 37.2. The molecule has 0 aliphatic rings. The number of para-hydroxylation sites is 6. The Morgan fingerprint density at radius 1 is 0.200 bits per heavy atom. The van der Waals surface area contributed by atoms with Gasteiger partial charge < -0.3 is 24.0 Å². The number of benzene rings is 12. The van der Waals surface area contributed by atoms with Crippen molar-refractivity contribution in [1.82, 2.24) is 0 Å². The molecule has 5 nitrogen and oxygen atoms in total. The number of hydrogen-bond donors (Lipinski definition) is 0. The number of hydrogen-bond acceptors (Lipinski definition) is 5. The minimum Gasteiger partial charge on any atom is -0.455 e. The van der Waals surface area contributed by atoms with Crippen LogP contribution in [0.1, 0.15) is 0 Å². The van der Waals surface area contributed by atoms with Crippen molar-refractivity contribution in [3.05, 3.63) is 303 Å². The van der Waals surface area contributed by atoms with Crippen LogP contribution in [0.25, 0.3) is 43.8 Å². The van der Waals surface area contributed by atoms with Gasteiger partial charge in [0.2, 0.25) is 0 Å². The highest BCUT2D eigenvalue weighted by Gasteiger charge is 2.23. The van der Waals surface area contributed by atoms with Crippen molar-refractivity contribution in [3.8, 4) is 11.1 Å². The summed E-state index contributed by atoms with van der Waals surface area (Å²) in [6.45, 7) is 0. The molecule has 0 radical (unpaired) electrons. The van der Waals surface area contributed by atoms with Gasteiger partial charge in [-0.3, -0.25) is 0 Å². The molecule has 0 atom stereocenters. The predicted octanol–water partition coefficient (Wildman–Crippen LogP) is 20.3. The summed E-state index contributed by atoms with van der Waals surface area (Å²) >= 11 is 0. The molecule has 0 spiro atoms. The van der Waals surface area contributed by atoms with E-state index in [1.807, 2.05) is 0 Å². The molecule has 13 rings (SSSR count). The third-order valence-corrected chi connectivity index (χ3v) is 14.0. The molecular weight excluding hydrogens is 913 g/mol. The number of nitrogens with zero attached hydrogens (tertiary/aromatic N) is 4. The van der Waals surface area contributed by atoms with Gasteiger partial charge in [0.1, 0.15) is 11.2 Å². The molecule has 356 valence electrons. The molecule has 0 fully saturated rings. The van der Waals surface area contributed by atoms with Crippen molar-refractivity contribution >= 4 is 101 Å². The first kappa shape index (κ1) is 44.8. The fourth-order valence-corrected chi connectivity index (χ4v) is 10.5. The van der Waals surface area contributed by atoms with E-state index in [2.05, 4.69) is 323 Å². The molecule has 75 heavy (non-hydrogen) atoms. The third-order valence-electron chi connectivity index (χ3n) is 14.0. The molecule has 0 aliphatic heterocycles. The van der Waals surface area contributed by atoms with E-state index in [4.69, 9.17) is 4.42 Å². The highest BCUT2D eigenvalue weighted by molar-refractivity contribution is 6.15. The second-order valence-corrected chi connectivity index (χ2v) is 18.6. The maximum atomic E-state index is 7.08. The number of anilines is 12. The van der Waals surface area contributed by atoms with E-state index in [1.165, 1.54) is 5.39 Å². The fourth-order valence-electron chi connectivity index (χ4n) is 10.5. The summed E-state index contributed by atoms with van der Waals surface area (Å²) in [6, 6.07) is 108. The Hall–Kier alpha value is -10.1. The molecule has 0 unspecified atom stereocenters. The fraction of sp³-hybridized carbons (Fsp3) is 0. The van der Waals surface area contributed by atoms with Crippen molar-refractivity contribution in [1.29, 1.82) is 0 Å². The van der Waals surface area contributed by atoms with E-state index < -0.39 is 0 Å². The van der Waals surface area contributed by atoms with Crippen LogP contribution >= 0.6 is 0 Å². The maximum Gasteiger partial charge on any atom is 0.143 e. The Bertz CT molecular complexity index is 3960. The summed E-state index contributed by atoms with van der Waals surface area (Å²) in [5, 5.41) is 4.37. The van der Waals surface area contributed by atoms with Crippen LogP contribution < -0.4 is 19.6 Å². The lowest BCUT2D eigenvalue weighted by Gasteiger charge is -2.29. The van der Waals surface area contributed by atoms with Crippen LogP contribution in [0, 0.1) is 0 Å². The van der Waals surface area contributed by atoms with E-state index >= 15 is 0 Å².